The van der Waals surface area contributed by atoms with Crippen molar-refractivity contribution in [3.05, 3.63) is 22.7 Å². The Balaban J connectivity index is 2.10. The van der Waals surface area contributed by atoms with E-state index in [-0.39, 0.29) is 36.7 Å². The highest BCUT2D eigenvalue weighted by Gasteiger charge is 2.41. The van der Waals surface area contributed by atoms with Gasteiger partial charge in [0.15, 0.2) is 11.9 Å². The molecular weight excluding hydrogens is 315 g/mol. The molecule has 0 spiro atoms. The van der Waals surface area contributed by atoms with E-state index in [1.54, 1.807) is 0 Å². The summed E-state index contributed by atoms with van der Waals surface area (Å²) in [4.78, 5) is 29.9. The van der Waals surface area contributed by atoms with Crippen LogP contribution in [0.4, 0.5) is 10.2 Å². The molecule has 0 radical (unpaired) electrons. The third-order valence-corrected chi connectivity index (χ3v) is 4.20. The summed E-state index contributed by atoms with van der Waals surface area (Å²) in [7, 11) is 0. The fourth-order valence-electron chi connectivity index (χ4n) is 2.96. The quantitative estimate of drug-likeness (QED) is 0.835. The van der Waals surface area contributed by atoms with Crippen molar-refractivity contribution in [3.63, 3.8) is 0 Å². The number of anilines is 1. The van der Waals surface area contributed by atoms with Crippen LogP contribution < -0.4 is 11.4 Å². The normalized spacial score (nSPS) is 24.2. The lowest BCUT2D eigenvalue weighted by atomic mass is 10.1. The molecule has 1 aromatic rings. The lowest BCUT2D eigenvalue weighted by molar-refractivity contribution is -0.136. The third kappa shape index (κ3) is 3.99. The Hall–Kier alpha value is -1.80. The first-order chi connectivity index (χ1) is 11.2. The van der Waals surface area contributed by atoms with Crippen molar-refractivity contribution < 1.29 is 13.9 Å². The van der Waals surface area contributed by atoms with Crippen molar-refractivity contribution in [1.82, 2.24) is 14.5 Å². The third-order valence-electron chi connectivity index (χ3n) is 4.20. The van der Waals surface area contributed by atoms with Gasteiger partial charge < -0.3 is 10.5 Å². The predicted molar refractivity (Wildman–Crippen MR) is 88.3 cm³/mol. The first-order valence-corrected chi connectivity index (χ1v) is 8.13. The topological polar surface area (TPSA) is 90.4 Å². The van der Waals surface area contributed by atoms with Gasteiger partial charge in [0.05, 0.1) is 6.54 Å². The zero-order valence-electron chi connectivity index (χ0n) is 14.5. The monoisotopic (exact) mass is 340 g/mol. The number of ether oxygens (including phenoxy) is 1. The maximum absolute atomic E-state index is 14.3. The van der Waals surface area contributed by atoms with Crippen LogP contribution in [0, 0.1) is 0 Å². The van der Waals surface area contributed by atoms with Crippen LogP contribution >= 0.6 is 0 Å². The molecule has 2 N–H and O–H groups in total. The molecule has 0 unspecified atom stereocenters. The second-order valence-corrected chi connectivity index (χ2v) is 6.63. The van der Waals surface area contributed by atoms with E-state index in [1.165, 1.54) is 16.8 Å². The molecule has 1 aromatic heterocycles. The number of hydrogen-bond donors (Lipinski definition) is 1. The predicted octanol–water partition coefficient (Wildman–Crippen LogP) is 1.14. The highest BCUT2D eigenvalue weighted by molar-refractivity contribution is 5.86. The van der Waals surface area contributed by atoms with Crippen LogP contribution in [-0.4, -0.2) is 51.1 Å². The van der Waals surface area contributed by atoms with Gasteiger partial charge in [-0.3, -0.25) is 14.3 Å². The van der Waals surface area contributed by atoms with Gasteiger partial charge in [0.25, 0.3) is 0 Å². The van der Waals surface area contributed by atoms with Crippen LogP contribution in [0.5, 0.6) is 0 Å². The van der Waals surface area contributed by atoms with Crippen LogP contribution in [0.15, 0.2) is 17.1 Å². The highest BCUT2D eigenvalue weighted by atomic mass is 19.1. The van der Waals surface area contributed by atoms with E-state index < -0.39 is 24.2 Å². The van der Waals surface area contributed by atoms with Gasteiger partial charge in [0, 0.05) is 24.7 Å². The average molecular weight is 340 g/mol. The molecule has 8 heteroatoms. The minimum Gasteiger partial charge on any atom is -0.383 e. The fraction of sp³-hybridized carbons (Fsp3) is 0.688. The van der Waals surface area contributed by atoms with E-state index in [2.05, 4.69) is 4.98 Å². The SMILES string of the molecule is CC(C)N(CC(=O)[C@H]1O[C@@H](n2ccc(N)nc2=O)C[C@@H]1F)C(C)C. The Morgan fingerprint density at radius 3 is 2.62 bits per heavy atom. The lowest BCUT2D eigenvalue weighted by Gasteiger charge is -2.30. The first-order valence-electron chi connectivity index (χ1n) is 8.13. The summed E-state index contributed by atoms with van der Waals surface area (Å²) in [6.45, 7) is 8.05. The molecule has 1 aliphatic heterocycles. The molecular formula is C16H25FN4O3. The molecule has 0 amide bonds. The number of aromatic nitrogens is 2. The highest BCUT2D eigenvalue weighted by Crippen LogP contribution is 2.30. The number of Topliss-reactive ketones (excluding diaryl/α,β-unsaturated/α-hetero) is 1. The van der Waals surface area contributed by atoms with Crippen LogP contribution in [-0.2, 0) is 9.53 Å². The van der Waals surface area contributed by atoms with Crippen molar-refractivity contribution in [2.45, 2.75) is 64.7 Å². The van der Waals surface area contributed by atoms with Crippen molar-refractivity contribution in [2.75, 3.05) is 12.3 Å². The molecule has 134 valence electrons. The van der Waals surface area contributed by atoms with Crippen molar-refractivity contribution in [1.29, 1.82) is 0 Å². The Kier molecular flexibility index (Phi) is 5.71. The molecule has 2 heterocycles. The molecule has 3 atom stereocenters. The van der Waals surface area contributed by atoms with Crippen molar-refractivity contribution >= 4 is 11.6 Å². The maximum Gasteiger partial charge on any atom is 0.351 e. The Morgan fingerprint density at radius 1 is 1.46 bits per heavy atom. The smallest absolute Gasteiger partial charge is 0.351 e. The average Bonchev–Trinajstić information content (AvgIpc) is 2.85. The Morgan fingerprint density at radius 2 is 2.08 bits per heavy atom. The molecule has 1 aliphatic rings. The van der Waals surface area contributed by atoms with Crippen molar-refractivity contribution in [3.8, 4) is 0 Å². The van der Waals surface area contributed by atoms with E-state index in [1.807, 2.05) is 32.6 Å². The summed E-state index contributed by atoms with van der Waals surface area (Å²) < 4.78 is 21.0. The molecule has 0 aliphatic carbocycles. The molecule has 7 nitrogen and oxygen atoms in total. The van der Waals surface area contributed by atoms with Gasteiger partial charge in [-0.2, -0.15) is 4.98 Å². The van der Waals surface area contributed by atoms with E-state index in [0.717, 1.165) is 0 Å². The zero-order chi connectivity index (χ0) is 18.0. The van der Waals surface area contributed by atoms with Crippen LogP contribution in [0.1, 0.15) is 40.3 Å². The molecule has 1 saturated heterocycles. The van der Waals surface area contributed by atoms with Crippen LogP contribution in [0.2, 0.25) is 0 Å². The number of halogens is 1. The summed E-state index contributed by atoms with van der Waals surface area (Å²) >= 11 is 0. The number of nitrogens with two attached hydrogens (primary N) is 1. The Labute approximate surface area is 140 Å². The molecule has 24 heavy (non-hydrogen) atoms. The minimum atomic E-state index is -1.45. The van der Waals surface area contributed by atoms with Gasteiger partial charge in [0.1, 0.15) is 18.2 Å². The van der Waals surface area contributed by atoms with Gasteiger partial charge in [-0.05, 0) is 33.8 Å². The van der Waals surface area contributed by atoms with Gasteiger partial charge in [-0.1, -0.05) is 0 Å². The van der Waals surface area contributed by atoms with Crippen LogP contribution in [0.25, 0.3) is 0 Å². The van der Waals surface area contributed by atoms with E-state index in [4.69, 9.17) is 10.5 Å². The second-order valence-electron chi connectivity index (χ2n) is 6.63. The summed E-state index contributed by atoms with van der Waals surface area (Å²) in [5, 5.41) is 0. The molecule has 0 aromatic carbocycles. The molecule has 1 fully saturated rings. The lowest BCUT2D eigenvalue weighted by Crippen LogP contribution is -2.45. The van der Waals surface area contributed by atoms with Gasteiger partial charge in [-0.25, -0.2) is 9.18 Å². The Bertz CT molecular complexity index is 638. The number of rotatable bonds is 6. The summed E-state index contributed by atoms with van der Waals surface area (Å²) in [5.41, 5.74) is 4.82. The van der Waals surface area contributed by atoms with E-state index in [0.29, 0.717) is 0 Å². The summed E-state index contributed by atoms with van der Waals surface area (Å²) in [6, 6.07) is 1.76. The summed E-state index contributed by atoms with van der Waals surface area (Å²) in [5.74, 6) is -0.230. The maximum atomic E-state index is 14.3. The zero-order valence-corrected chi connectivity index (χ0v) is 14.5. The number of carbonyl (C=O) groups is 1. The minimum absolute atomic E-state index is 0.0642. The molecule has 2 rings (SSSR count). The molecule has 0 saturated carbocycles. The molecule has 0 bridgehead atoms. The number of ketones is 1. The van der Waals surface area contributed by atoms with Crippen molar-refractivity contribution in [2.24, 2.45) is 0 Å². The largest absolute Gasteiger partial charge is 0.383 e. The van der Waals surface area contributed by atoms with E-state index >= 15 is 0 Å². The first kappa shape index (κ1) is 18.5. The number of nitrogens with zero attached hydrogens (tertiary/aromatic N) is 3. The second kappa shape index (κ2) is 7.40. The van der Waals surface area contributed by atoms with Gasteiger partial charge in [-0.15, -0.1) is 0 Å². The number of carbonyl (C=O) groups excluding carboxylic acids is 1. The number of alkyl halides is 1. The summed E-state index contributed by atoms with van der Waals surface area (Å²) in [6.07, 6.45) is -2.12. The fourth-order valence-corrected chi connectivity index (χ4v) is 2.96. The van der Waals surface area contributed by atoms with Gasteiger partial charge >= 0.3 is 5.69 Å². The van der Waals surface area contributed by atoms with E-state index in [9.17, 15) is 14.0 Å². The standard InChI is InChI=1S/C16H25FN4O3/c1-9(2)21(10(3)4)8-12(22)15-11(17)7-14(24-15)20-6-5-13(18)19-16(20)23/h5-6,9-11,14-15H,7-8H2,1-4H3,(H2,18,19,23)/t11-,14+,15-/m0/s1. The number of hydrogen-bond acceptors (Lipinski definition) is 6. The van der Waals surface area contributed by atoms with Gasteiger partial charge in [0.2, 0.25) is 0 Å². The van der Waals surface area contributed by atoms with Crippen LogP contribution in [0.3, 0.4) is 0 Å². The number of nitrogen functional groups attached to an aromatic ring is 1.